The zero-order chi connectivity index (χ0) is 14.4. The molecule has 1 aromatic heterocycles. The highest BCUT2D eigenvalue weighted by Crippen LogP contribution is 2.19. The van der Waals surface area contributed by atoms with Crippen LogP contribution in [0.2, 0.25) is 0 Å². The highest BCUT2D eigenvalue weighted by molar-refractivity contribution is 5.88. The van der Waals surface area contributed by atoms with Crippen LogP contribution in [-0.2, 0) is 17.9 Å². The van der Waals surface area contributed by atoms with Crippen molar-refractivity contribution in [2.75, 3.05) is 13.7 Å². The van der Waals surface area contributed by atoms with Crippen molar-refractivity contribution in [3.05, 3.63) is 47.8 Å². The Bertz CT molecular complexity index is 566. The molecule has 0 bridgehead atoms. The fourth-order valence-corrected chi connectivity index (χ4v) is 1.77. The van der Waals surface area contributed by atoms with Crippen molar-refractivity contribution < 1.29 is 19.4 Å². The summed E-state index contributed by atoms with van der Waals surface area (Å²) in [6.45, 7) is 1.06. The van der Waals surface area contributed by atoms with E-state index < -0.39 is 5.97 Å². The van der Waals surface area contributed by atoms with Crippen molar-refractivity contribution in [2.24, 2.45) is 0 Å². The molecule has 0 saturated heterocycles. The molecule has 2 rings (SSSR count). The molecule has 0 atom stereocenters. The van der Waals surface area contributed by atoms with Crippen molar-refractivity contribution in [1.82, 2.24) is 9.78 Å². The number of aromatic nitrogens is 2. The summed E-state index contributed by atoms with van der Waals surface area (Å²) >= 11 is 0. The molecular formula is C14H16N2O4. The molecule has 6 heteroatoms. The van der Waals surface area contributed by atoms with E-state index in [4.69, 9.17) is 9.47 Å². The number of carboxylic acids is 1. The molecule has 0 fully saturated rings. The number of methoxy groups -OCH3 is 1. The first-order valence-corrected chi connectivity index (χ1v) is 6.17. The minimum Gasteiger partial charge on any atom is -0.485 e. The summed E-state index contributed by atoms with van der Waals surface area (Å²) in [7, 11) is 1.55. The van der Waals surface area contributed by atoms with Crippen molar-refractivity contribution in [2.45, 2.75) is 13.2 Å². The first-order valence-electron chi connectivity index (χ1n) is 6.17. The SMILES string of the molecule is COCCn1ncc(OCc2ccccc2)c1C(=O)O. The average molecular weight is 276 g/mol. The second kappa shape index (κ2) is 6.72. The van der Waals surface area contributed by atoms with Gasteiger partial charge in [-0.15, -0.1) is 0 Å². The summed E-state index contributed by atoms with van der Waals surface area (Å²) in [6.07, 6.45) is 1.42. The van der Waals surface area contributed by atoms with Crippen LogP contribution in [0.4, 0.5) is 0 Å². The number of aromatic carboxylic acids is 1. The van der Waals surface area contributed by atoms with Crippen LogP contribution in [-0.4, -0.2) is 34.6 Å². The fourth-order valence-electron chi connectivity index (χ4n) is 1.77. The lowest BCUT2D eigenvalue weighted by molar-refractivity contribution is 0.0674. The summed E-state index contributed by atoms with van der Waals surface area (Å²) in [5.41, 5.74) is 1.01. The lowest BCUT2D eigenvalue weighted by atomic mass is 10.2. The number of rotatable bonds is 7. The third-order valence-electron chi connectivity index (χ3n) is 2.75. The summed E-state index contributed by atoms with van der Waals surface area (Å²) in [5, 5.41) is 13.3. The van der Waals surface area contributed by atoms with Gasteiger partial charge in [-0.2, -0.15) is 5.10 Å². The second-order valence-corrected chi connectivity index (χ2v) is 4.15. The minimum absolute atomic E-state index is 0.0398. The number of hydrogen-bond donors (Lipinski definition) is 1. The Kier molecular flexibility index (Phi) is 4.73. The van der Waals surface area contributed by atoms with Crippen LogP contribution < -0.4 is 4.74 Å². The van der Waals surface area contributed by atoms with Gasteiger partial charge in [0.25, 0.3) is 0 Å². The van der Waals surface area contributed by atoms with Crippen LogP contribution >= 0.6 is 0 Å². The molecule has 0 unspecified atom stereocenters. The van der Waals surface area contributed by atoms with E-state index >= 15 is 0 Å². The molecule has 0 radical (unpaired) electrons. The predicted molar refractivity (Wildman–Crippen MR) is 71.8 cm³/mol. The number of carbonyl (C=O) groups is 1. The largest absolute Gasteiger partial charge is 0.485 e. The summed E-state index contributed by atoms with van der Waals surface area (Å²) in [5.74, 6) is -0.806. The molecule has 0 amide bonds. The molecule has 6 nitrogen and oxygen atoms in total. The Morgan fingerprint density at radius 1 is 1.35 bits per heavy atom. The summed E-state index contributed by atoms with van der Waals surface area (Å²) in [6, 6.07) is 9.54. The van der Waals surface area contributed by atoms with Crippen molar-refractivity contribution in [3.8, 4) is 5.75 Å². The lowest BCUT2D eigenvalue weighted by Crippen LogP contribution is -2.14. The fraction of sp³-hybridized carbons (Fsp3) is 0.286. The van der Waals surface area contributed by atoms with E-state index in [-0.39, 0.29) is 11.4 Å². The normalized spacial score (nSPS) is 10.4. The van der Waals surface area contributed by atoms with Crippen molar-refractivity contribution in [3.63, 3.8) is 0 Å². The Hall–Kier alpha value is -2.34. The predicted octanol–water partition coefficient (Wildman–Crippen LogP) is 1.81. The number of carboxylic acid groups (broad SMARTS) is 1. The zero-order valence-corrected chi connectivity index (χ0v) is 11.2. The maximum absolute atomic E-state index is 11.3. The van der Waals surface area contributed by atoms with Crippen LogP contribution in [0.3, 0.4) is 0 Å². The minimum atomic E-state index is -1.07. The molecule has 20 heavy (non-hydrogen) atoms. The van der Waals surface area contributed by atoms with Gasteiger partial charge in [-0.05, 0) is 5.56 Å². The number of hydrogen-bond acceptors (Lipinski definition) is 4. The molecule has 1 N–H and O–H groups in total. The first-order chi connectivity index (χ1) is 9.72. The Balaban J connectivity index is 2.11. The van der Waals surface area contributed by atoms with Gasteiger partial charge in [0.15, 0.2) is 11.4 Å². The smallest absolute Gasteiger partial charge is 0.358 e. The number of benzene rings is 1. The molecule has 0 saturated carbocycles. The van der Waals surface area contributed by atoms with Crippen LogP contribution in [0.1, 0.15) is 16.1 Å². The molecule has 1 aromatic carbocycles. The first kappa shape index (κ1) is 14.1. The van der Waals surface area contributed by atoms with Gasteiger partial charge in [0.1, 0.15) is 6.61 Å². The van der Waals surface area contributed by atoms with Gasteiger partial charge in [-0.1, -0.05) is 30.3 Å². The molecule has 0 aliphatic rings. The molecule has 0 aliphatic carbocycles. The van der Waals surface area contributed by atoms with Crippen LogP contribution in [0, 0.1) is 0 Å². The van der Waals surface area contributed by atoms with Gasteiger partial charge in [-0.25, -0.2) is 4.79 Å². The van der Waals surface area contributed by atoms with Gasteiger partial charge < -0.3 is 14.6 Å². The van der Waals surface area contributed by atoms with E-state index in [1.54, 1.807) is 7.11 Å². The molecule has 0 spiro atoms. The lowest BCUT2D eigenvalue weighted by Gasteiger charge is -2.07. The van der Waals surface area contributed by atoms with E-state index in [0.29, 0.717) is 19.8 Å². The van der Waals surface area contributed by atoms with Gasteiger partial charge in [-0.3, -0.25) is 4.68 Å². The van der Waals surface area contributed by atoms with E-state index in [1.807, 2.05) is 30.3 Å². The third kappa shape index (κ3) is 3.36. The second-order valence-electron chi connectivity index (χ2n) is 4.15. The van der Waals surface area contributed by atoms with Gasteiger partial charge >= 0.3 is 5.97 Å². The van der Waals surface area contributed by atoms with Crippen LogP contribution in [0.25, 0.3) is 0 Å². The van der Waals surface area contributed by atoms with Gasteiger partial charge in [0.05, 0.1) is 19.3 Å². The Morgan fingerprint density at radius 3 is 2.75 bits per heavy atom. The monoisotopic (exact) mass is 276 g/mol. The molecule has 1 heterocycles. The third-order valence-corrected chi connectivity index (χ3v) is 2.75. The zero-order valence-electron chi connectivity index (χ0n) is 11.2. The maximum atomic E-state index is 11.3. The van der Waals surface area contributed by atoms with E-state index in [2.05, 4.69) is 5.10 Å². The maximum Gasteiger partial charge on any atom is 0.358 e. The number of ether oxygens (including phenoxy) is 2. The average Bonchev–Trinajstić information content (AvgIpc) is 2.87. The van der Waals surface area contributed by atoms with Crippen LogP contribution in [0.15, 0.2) is 36.5 Å². The molecular weight excluding hydrogens is 260 g/mol. The van der Waals surface area contributed by atoms with Crippen molar-refractivity contribution >= 4 is 5.97 Å². The van der Waals surface area contributed by atoms with Crippen LogP contribution in [0.5, 0.6) is 5.75 Å². The highest BCUT2D eigenvalue weighted by Gasteiger charge is 2.19. The highest BCUT2D eigenvalue weighted by atomic mass is 16.5. The van der Waals surface area contributed by atoms with E-state index in [1.165, 1.54) is 10.9 Å². The van der Waals surface area contributed by atoms with E-state index in [9.17, 15) is 9.90 Å². The summed E-state index contributed by atoms with van der Waals surface area (Å²) < 4.78 is 11.8. The topological polar surface area (TPSA) is 73.6 Å². The molecule has 0 aliphatic heterocycles. The molecule has 106 valence electrons. The Labute approximate surface area is 116 Å². The van der Waals surface area contributed by atoms with Gasteiger partial charge in [0.2, 0.25) is 0 Å². The summed E-state index contributed by atoms with van der Waals surface area (Å²) in [4.78, 5) is 11.3. The molecule has 2 aromatic rings. The van der Waals surface area contributed by atoms with Crippen molar-refractivity contribution in [1.29, 1.82) is 0 Å². The standard InChI is InChI=1S/C14H16N2O4/c1-19-8-7-16-13(14(17)18)12(9-15-16)20-10-11-5-3-2-4-6-11/h2-6,9H,7-8,10H2,1H3,(H,17,18). The van der Waals surface area contributed by atoms with E-state index in [0.717, 1.165) is 5.56 Å². The van der Waals surface area contributed by atoms with Gasteiger partial charge in [0, 0.05) is 7.11 Å². The number of nitrogens with zero attached hydrogens (tertiary/aromatic N) is 2. The Morgan fingerprint density at radius 2 is 2.10 bits per heavy atom. The quantitative estimate of drug-likeness (QED) is 0.834.